The molecule has 11 nitrogen and oxygen atoms in total. The zero-order valence-corrected chi connectivity index (χ0v) is 21.4. The fraction of sp³-hybridized carbons (Fsp3) is 0.524. The highest BCUT2D eigenvalue weighted by Gasteiger charge is 2.42. The summed E-state index contributed by atoms with van der Waals surface area (Å²) in [6.45, 7) is 6.08. The molecule has 1 aliphatic carbocycles. The number of piperazine rings is 1. The Labute approximate surface area is 209 Å². The lowest BCUT2D eigenvalue weighted by Crippen LogP contribution is -2.58. The van der Waals surface area contributed by atoms with Gasteiger partial charge in [-0.3, -0.25) is 4.90 Å². The van der Waals surface area contributed by atoms with Crippen LogP contribution in [0.5, 0.6) is 0 Å². The first kappa shape index (κ1) is 24.8. The number of halogens is 2. The molecule has 3 heterocycles. The van der Waals surface area contributed by atoms with E-state index in [1.165, 1.54) is 21.8 Å². The topological polar surface area (TPSA) is 134 Å². The minimum Gasteiger partial charge on any atom is -0.465 e. The van der Waals surface area contributed by atoms with E-state index in [9.17, 15) is 27.1 Å². The fourth-order valence-corrected chi connectivity index (χ4v) is 6.80. The molecular formula is C21H25F2N7O4S2. The first-order chi connectivity index (χ1) is 16.9. The molecule has 0 unspecified atom stereocenters. The third kappa shape index (κ3) is 4.39. The van der Waals surface area contributed by atoms with Crippen LogP contribution in [0.1, 0.15) is 45.0 Å². The summed E-state index contributed by atoms with van der Waals surface area (Å²) in [7, 11) is -3.92. The van der Waals surface area contributed by atoms with E-state index in [0.29, 0.717) is 41.0 Å². The summed E-state index contributed by atoms with van der Waals surface area (Å²) in [6, 6.07) is 2.31. The van der Waals surface area contributed by atoms with Gasteiger partial charge >= 0.3 is 6.09 Å². The molecule has 15 heteroatoms. The molecular weight excluding hydrogens is 516 g/mol. The highest BCUT2D eigenvalue weighted by Crippen LogP contribution is 2.38. The van der Waals surface area contributed by atoms with Crippen molar-refractivity contribution in [2.75, 3.05) is 18.0 Å². The van der Waals surface area contributed by atoms with Crippen LogP contribution in [0, 0.1) is 0 Å². The normalized spacial score (nSPS) is 21.9. The first-order valence-electron chi connectivity index (χ1n) is 11.3. The van der Waals surface area contributed by atoms with Crippen molar-refractivity contribution >= 4 is 44.0 Å². The van der Waals surface area contributed by atoms with Gasteiger partial charge < -0.3 is 10.0 Å². The molecule has 1 aliphatic heterocycles. The molecule has 2 aliphatic rings. The number of amides is 1. The molecule has 194 valence electrons. The minimum atomic E-state index is -3.92. The largest absolute Gasteiger partial charge is 0.465 e. The number of carbonyl (C=O) groups is 1. The summed E-state index contributed by atoms with van der Waals surface area (Å²) >= 11 is 0.670. The van der Waals surface area contributed by atoms with E-state index in [1.54, 1.807) is 19.9 Å². The summed E-state index contributed by atoms with van der Waals surface area (Å²) < 4.78 is 57.0. The van der Waals surface area contributed by atoms with Gasteiger partial charge in [-0.2, -0.15) is 5.10 Å². The van der Waals surface area contributed by atoms with Gasteiger partial charge in [0, 0.05) is 29.7 Å². The van der Waals surface area contributed by atoms with Crippen LogP contribution in [0.4, 0.5) is 19.3 Å². The van der Waals surface area contributed by atoms with Gasteiger partial charge in [0.05, 0.1) is 28.7 Å². The molecule has 1 aromatic carbocycles. The average molecular weight is 542 g/mol. The second-order valence-corrected chi connectivity index (χ2v) is 12.3. The van der Waals surface area contributed by atoms with Crippen LogP contribution < -0.4 is 9.62 Å². The van der Waals surface area contributed by atoms with E-state index < -0.39 is 33.1 Å². The summed E-state index contributed by atoms with van der Waals surface area (Å²) in [4.78, 5) is 15.0. The molecule has 0 bridgehead atoms. The van der Waals surface area contributed by atoms with Crippen LogP contribution in [0.15, 0.2) is 23.2 Å². The fourth-order valence-electron chi connectivity index (χ4n) is 4.62. The highest BCUT2D eigenvalue weighted by molar-refractivity contribution is 7.89. The van der Waals surface area contributed by atoms with Crippen molar-refractivity contribution in [3.63, 3.8) is 0 Å². The monoisotopic (exact) mass is 541 g/mol. The average Bonchev–Trinajstić information content (AvgIpc) is 3.16. The summed E-state index contributed by atoms with van der Waals surface area (Å²) in [6.07, 6.45) is -0.823. The smallest absolute Gasteiger partial charge is 0.407 e. The number of fused-ring (bicyclic) bond motifs is 1. The molecule has 36 heavy (non-hydrogen) atoms. The van der Waals surface area contributed by atoms with Crippen LogP contribution in [0.2, 0.25) is 0 Å². The summed E-state index contributed by atoms with van der Waals surface area (Å²) in [5.41, 5.74) is 0.421. The van der Waals surface area contributed by atoms with Gasteiger partial charge in [-0.05, 0) is 45.7 Å². The molecule has 2 aromatic heterocycles. The zero-order valence-electron chi connectivity index (χ0n) is 19.7. The molecule has 3 aromatic rings. The highest BCUT2D eigenvalue weighted by atomic mass is 32.2. The van der Waals surface area contributed by atoms with Crippen LogP contribution in [0.25, 0.3) is 16.0 Å². The summed E-state index contributed by atoms with van der Waals surface area (Å²) in [5, 5.41) is 21.5. The molecule has 2 N–H and O–H groups in total. The Kier molecular flexibility index (Phi) is 5.91. The lowest BCUT2D eigenvalue weighted by molar-refractivity contribution is 0.0983. The first-order valence-corrected chi connectivity index (χ1v) is 13.6. The van der Waals surface area contributed by atoms with Crippen LogP contribution >= 0.6 is 11.3 Å². The van der Waals surface area contributed by atoms with E-state index in [0.717, 1.165) is 12.8 Å². The van der Waals surface area contributed by atoms with Gasteiger partial charge in [0.1, 0.15) is 0 Å². The third-order valence-corrected chi connectivity index (χ3v) is 9.13. The number of hydrogen-bond acceptors (Lipinski definition) is 8. The van der Waals surface area contributed by atoms with Crippen molar-refractivity contribution < 1.29 is 27.1 Å². The number of hydrogen-bond donors (Lipinski definition) is 2. The molecule has 1 saturated carbocycles. The van der Waals surface area contributed by atoms with Gasteiger partial charge in [-0.15, -0.1) is 10.2 Å². The molecule has 5 rings (SSSR count). The number of nitrogens with one attached hydrogen (secondary N) is 1. The second-order valence-electron chi connectivity index (χ2n) is 9.61. The van der Waals surface area contributed by atoms with Gasteiger partial charge in [0.2, 0.25) is 15.2 Å². The second kappa shape index (κ2) is 8.59. The van der Waals surface area contributed by atoms with Crippen molar-refractivity contribution in [1.82, 2.24) is 29.6 Å². The number of sulfonamides is 1. The number of carboxylic acid groups (broad SMARTS) is 1. The van der Waals surface area contributed by atoms with Crippen LogP contribution in [0.3, 0.4) is 0 Å². The number of nitrogens with zero attached hydrogens (tertiary/aromatic N) is 6. The molecule has 0 radical (unpaired) electrons. The van der Waals surface area contributed by atoms with Crippen molar-refractivity contribution in [2.45, 2.75) is 62.6 Å². The van der Waals surface area contributed by atoms with Crippen LogP contribution in [-0.4, -0.2) is 75.2 Å². The Morgan fingerprint density at radius 3 is 2.44 bits per heavy atom. The molecule has 0 spiro atoms. The van der Waals surface area contributed by atoms with E-state index in [2.05, 4.69) is 20.0 Å². The number of rotatable bonds is 6. The quantitative estimate of drug-likeness (QED) is 0.486. The minimum absolute atomic E-state index is 0.000515. The van der Waals surface area contributed by atoms with Gasteiger partial charge in [-0.1, -0.05) is 11.3 Å². The van der Waals surface area contributed by atoms with Crippen LogP contribution in [-0.2, 0) is 10.0 Å². The van der Waals surface area contributed by atoms with Gasteiger partial charge in [-0.25, -0.2) is 31.4 Å². The Morgan fingerprint density at radius 2 is 1.89 bits per heavy atom. The Balaban J connectivity index is 1.64. The van der Waals surface area contributed by atoms with E-state index in [-0.39, 0.29) is 22.1 Å². The number of aromatic nitrogens is 4. The maximum absolute atomic E-state index is 13.3. The maximum atomic E-state index is 13.3. The van der Waals surface area contributed by atoms with Crippen molar-refractivity contribution in [2.24, 2.45) is 0 Å². The number of anilines is 1. The molecule has 2 atom stereocenters. The van der Waals surface area contributed by atoms with Crippen molar-refractivity contribution in [1.29, 1.82) is 0 Å². The predicted molar refractivity (Wildman–Crippen MR) is 128 cm³/mol. The number of alkyl halides is 2. The SMILES string of the molecule is C[C@H]1CN(c2cc(S(=O)(=O)NC3(C)CC3)cc3c2cnn3-c2nnc(C(F)F)s2)C[C@H](C)N1C(=O)O. The zero-order chi connectivity index (χ0) is 26.0. The molecule has 1 saturated heterocycles. The van der Waals surface area contributed by atoms with Gasteiger partial charge in [0.25, 0.3) is 6.43 Å². The van der Waals surface area contributed by atoms with E-state index in [4.69, 9.17) is 0 Å². The Hall–Kier alpha value is -2.91. The standard InChI is InChI=1S/C21H25F2N7O4S2/c1-11-9-28(10-12(2)29(11)20(31)32)15-6-13(36(33,34)27-21(3)4-5-21)7-16-14(15)8-24-30(16)19-26-25-18(35-19)17(22)23/h6-8,11-12,17,27H,4-5,9-10H2,1-3H3,(H,31,32)/t11-,12-/m0/s1. The molecule has 1 amide bonds. The lowest BCUT2D eigenvalue weighted by atomic mass is 10.1. The third-order valence-electron chi connectivity index (χ3n) is 6.61. The van der Waals surface area contributed by atoms with Crippen molar-refractivity contribution in [3.8, 4) is 5.13 Å². The number of benzene rings is 1. The lowest BCUT2D eigenvalue weighted by Gasteiger charge is -2.44. The van der Waals surface area contributed by atoms with Gasteiger partial charge in [0.15, 0.2) is 5.01 Å². The predicted octanol–water partition coefficient (Wildman–Crippen LogP) is 3.22. The Bertz CT molecular complexity index is 1430. The maximum Gasteiger partial charge on any atom is 0.407 e. The molecule has 2 fully saturated rings. The van der Waals surface area contributed by atoms with Crippen molar-refractivity contribution in [3.05, 3.63) is 23.3 Å². The van der Waals surface area contributed by atoms with E-state index in [1.807, 2.05) is 11.8 Å². The summed E-state index contributed by atoms with van der Waals surface area (Å²) in [5.74, 6) is 0. The van der Waals surface area contributed by atoms with E-state index >= 15 is 0 Å². The Morgan fingerprint density at radius 1 is 1.22 bits per heavy atom.